The van der Waals surface area contributed by atoms with Crippen molar-refractivity contribution < 1.29 is 9.53 Å². The maximum absolute atomic E-state index is 12.8. The summed E-state index contributed by atoms with van der Waals surface area (Å²) in [6.45, 7) is 6.35. The van der Waals surface area contributed by atoms with Gasteiger partial charge in [-0.3, -0.25) is 0 Å². The number of hydrogen-bond acceptors (Lipinski definition) is 2. The lowest BCUT2D eigenvalue weighted by molar-refractivity contribution is 0.00857. The van der Waals surface area contributed by atoms with E-state index < -0.39 is 0 Å². The van der Waals surface area contributed by atoms with Crippen LogP contribution in [0.4, 0.5) is 10.5 Å². The number of nitrogens with zero attached hydrogens (tertiary/aromatic N) is 1. The number of hydrogen-bond donors (Lipinski definition) is 1. The van der Waals surface area contributed by atoms with Crippen LogP contribution in [0.2, 0.25) is 0 Å². The molecule has 1 atom stereocenters. The van der Waals surface area contributed by atoms with Crippen LogP contribution < -0.4 is 5.32 Å². The van der Waals surface area contributed by atoms with Gasteiger partial charge in [0.15, 0.2) is 0 Å². The second kappa shape index (κ2) is 7.35. The highest BCUT2D eigenvalue weighted by Crippen LogP contribution is 2.28. The van der Waals surface area contributed by atoms with Crippen molar-refractivity contribution in [1.82, 2.24) is 4.90 Å². The van der Waals surface area contributed by atoms with Crippen LogP contribution in [0.25, 0.3) is 0 Å². The van der Waals surface area contributed by atoms with E-state index in [9.17, 15) is 4.79 Å². The Kier molecular flexibility index (Phi) is 5.21. The number of urea groups is 1. The highest BCUT2D eigenvalue weighted by molar-refractivity contribution is 5.90. The molecule has 4 nitrogen and oxygen atoms in total. The molecule has 2 amide bonds. The lowest BCUT2D eigenvalue weighted by atomic mass is 9.90. The van der Waals surface area contributed by atoms with Gasteiger partial charge in [0.05, 0.1) is 19.3 Å². The van der Waals surface area contributed by atoms with Crippen molar-refractivity contribution in [3.05, 3.63) is 29.3 Å². The van der Waals surface area contributed by atoms with Gasteiger partial charge in [0.25, 0.3) is 0 Å². The van der Waals surface area contributed by atoms with Gasteiger partial charge in [-0.25, -0.2) is 4.79 Å². The fourth-order valence-electron chi connectivity index (χ4n) is 3.75. The molecule has 2 aliphatic rings. The SMILES string of the molecule is CC(C)CC1COCCN1C(=O)Nc1cccc2c1CCCC2. The third-order valence-corrected chi connectivity index (χ3v) is 4.87. The largest absolute Gasteiger partial charge is 0.377 e. The molecule has 23 heavy (non-hydrogen) atoms. The summed E-state index contributed by atoms with van der Waals surface area (Å²) in [4.78, 5) is 14.8. The number of amides is 2. The van der Waals surface area contributed by atoms with E-state index in [1.54, 1.807) is 0 Å². The molecule has 4 heteroatoms. The number of carbonyl (C=O) groups excluding carboxylic acids is 1. The van der Waals surface area contributed by atoms with Gasteiger partial charge in [-0.15, -0.1) is 0 Å². The van der Waals surface area contributed by atoms with Crippen molar-refractivity contribution in [3.8, 4) is 0 Å². The number of carbonyl (C=O) groups is 1. The van der Waals surface area contributed by atoms with Crippen LogP contribution in [0.3, 0.4) is 0 Å². The van der Waals surface area contributed by atoms with Crippen LogP contribution in [-0.2, 0) is 17.6 Å². The summed E-state index contributed by atoms with van der Waals surface area (Å²) in [6, 6.07) is 6.51. The van der Waals surface area contributed by atoms with Gasteiger partial charge < -0.3 is 15.0 Å². The molecule has 0 spiro atoms. The molecule has 1 fully saturated rings. The Bertz CT molecular complexity index is 556. The number of fused-ring (bicyclic) bond motifs is 1. The quantitative estimate of drug-likeness (QED) is 0.920. The first-order valence-corrected chi connectivity index (χ1v) is 8.91. The van der Waals surface area contributed by atoms with Crippen molar-refractivity contribution in [2.45, 2.75) is 52.0 Å². The van der Waals surface area contributed by atoms with Gasteiger partial charge in [-0.2, -0.15) is 0 Å². The molecule has 0 bridgehead atoms. The molecule has 1 aliphatic heterocycles. The summed E-state index contributed by atoms with van der Waals surface area (Å²) in [5.74, 6) is 0.557. The number of nitrogens with one attached hydrogen (secondary N) is 1. The Labute approximate surface area is 139 Å². The lowest BCUT2D eigenvalue weighted by Crippen LogP contribution is -2.50. The number of rotatable bonds is 3. The Morgan fingerprint density at radius 2 is 2.17 bits per heavy atom. The van der Waals surface area contributed by atoms with Gasteiger partial charge >= 0.3 is 6.03 Å². The fourth-order valence-corrected chi connectivity index (χ4v) is 3.75. The monoisotopic (exact) mass is 316 g/mol. The van der Waals surface area contributed by atoms with Gasteiger partial charge in [0.1, 0.15) is 0 Å². The zero-order valence-corrected chi connectivity index (χ0v) is 14.3. The van der Waals surface area contributed by atoms with Gasteiger partial charge in [-0.1, -0.05) is 26.0 Å². The summed E-state index contributed by atoms with van der Waals surface area (Å²) >= 11 is 0. The van der Waals surface area contributed by atoms with Crippen LogP contribution in [0.5, 0.6) is 0 Å². The Balaban J connectivity index is 1.73. The standard InChI is InChI=1S/C19H28N2O2/c1-14(2)12-16-13-23-11-10-21(16)19(22)20-18-9-5-7-15-6-3-4-8-17(15)18/h5,7,9,14,16H,3-4,6,8,10-13H2,1-2H3,(H,20,22). The molecule has 1 aliphatic carbocycles. The molecule has 0 saturated carbocycles. The zero-order valence-electron chi connectivity index (χ0n) is 14.3. The zero-order chi connectivity index (χ0) is 16.2. The van der Waals surface area contributed by atoms with Gasteiger partial charge in [-0.05, 0) is 55.2 Å². The third kappa shape index (κ3) is 3.86. The third-order valence-electron chi connectivity index (χ3n) is 4.87. The Morgan fingerprint density at radius 3 is 3.00 bits per heavy atom. The second-order valence-corrected chi connectivity index (χ2v) is 7.13. The van der Waals surface area contributed by atoms with E-state index in [2.05, 4.69) is 31.3 Å². The van der Waals surface area contributed by atoms with Crippen LogP contribution >= 0.6 is 0 Å². The molecule has 1 saturated heterocycles. The van der Waals surface area contributed by atoms with E-state index in [1.165, 1.54) is 24.0 Å². The average molecular weight is 316 g/mol. The van der Waals surface area contributed by atoms with Crippen LogP contribution in [0.15, 0.2) is 18.2 Å². The van der Waals surface area contributed by atoms with E-state index in [1.807, 2.05) is 11.0 Å². The highest BCUT2D eigenvalue weighted by atomic mass is 16.5. The molecule has 0 radical (unpaired) electrons. The van der Waals surface area contributed by atoms with Crippen molar-refractivity contribution in [3.63, 3.8) is 0 Å². The number of anilines is 1. The van der Waals surface area contributed by atoms with E-state index in [-0.39, 0.29) is 12.1 Å². The maximum atomic E-state index is 12.8. The van der Waals surface area contributed by atoms with Crippen LogP contribution in [0, 0.1) is 5.92 Å². The molecule has 1 N–H and O–H groups in total. The first-order chi connectivity index (χ1) is 11.1. The summed E-state index contributed by atoms with van der Waals surface area (Å²) in [5, 5.41) is 3.17. The minimum atomic E-state index is 0.0259. The first kappa shape index (κ1) is 16.3. The number of morpholine rings is 1. The smallest absolute Gasteiger partial charge is 0.322 e. The predicted molar refractivity (Wildman–Crippen MR) is 92.9 cm³/mol. The van der Waals surface area contributed by atoms with Crippen molar-refractivity contribution in [2.24, 2.45) is 5.92 Å². The summed E-state index contributed by atoms with van der Waals surface area (Å²) in [5.41, 5.74) is 3.73. The number of aryl methyl sites for hydroxylation is 1. The molecule has 0 aromatic heterocycles. The van der Waals surface area contributed by atoms with E-state index in [0.29, 0.717) is 25.7 Å². The summed E-state index contributed by atoms with van der Waals surface area (Å²) in [6.07, 6.45) is 5.66. The minimum Gasteiger partial charge on any atom is -0.377 e. The summed E-state index contributed by atoms with van der Waals surface area (Å²) in [7, 11) is 0. The Hall–Kier alpha value is -1.55. The van der Waals surface area contributed by atoms with Crippen molar-refractivity contribution >= 4 is 11.7 Å². The molecular weight excluding hydrogens is 288 g/mol. The maximum Gasteiger partial charge on any atom is 0.322 e. The van der Waals surface area contributed by atoms with Crippen molar-refractivity contribution in [1.29, 1.82) is 0 Å². The second-order valence-electron chi connectivity index (χ2n) is 7.13. The molecule has 1 aromatic rings. The molecule has 1 aromatic carbocycles. The van der Waals surface area contributed by atoms with E-state index in [0.717, 1.165) is 24.9 Å². The van der Waals surface area contributed by atoms with Gasteiger partial charge in [0.2, 0.25) is 0 Å². The minimum absolute atomic E-state index is 0.0259. The topological polar surface area (TPSA) is 41.6 Å². The molecule has 1 heterocycles. The molecular formula is C19H28N2O2. The lowest BCUT2D eigenvalue weighted by Gasteiger charge is -2.36. The normalized spacial score (nSPS) is 21.2. The fraction of sp³-hybridized carbons (Fsp3) is 0.632. The first-order valence-electron chi connectivity index (χ1n) is 8.91. The average Bonchev–Trinajstić information content (AvgIpc) is 2.55. The van der Waals surface area contributed by atoms with Gasteiger partial charge in [0, 0.05) is 12.2 Å². The van der Waals surface area contributed by atoms with Crippen LogP contribution in [-0.4, -0.2) is 36.7 Å². The van der Waals surface area contributed by atoms with Crippen LogP contribution in [0.1, 0.15) is 44.2 Å². The molecule has 126 valence electrons. The predicted octanol–water partition coefficient (Wildman–Crippen LogP) is 3.84. The molecule has 3 rings (SSSR count). The number of benzene rings is 1. The Morgan fingerprint density at radius 1 is 1.35 bits per heavy atom. The van der Waals surface area contributed by atoms with Crippen molar-refractivity contribution in [2.75, 3.05) is 25.1 Å². The molecule has 1 unspecified atom stereocenters. The van der Waals surface area contributed by atoms with E-state index in [4.69, 9.17) is 4.74 Å². The highest BCUT2D eigenvalue weighted by Gasteiger charge is 2.28. The summed E-state index contributed by atoms with van der Waals surface area (Å²) < 4.78 is 5.58. The number of ether oxygens (including phenoxy) is 1. The van der Waals surface area contributed by atoms with E-state index >= 15 is 0 Å².